The molecular formula is C19H17N3O4S. The highest BCUT2D eigenvalue weighted by Gasteiger charge is 2.17. The number of nitrogens with zero attached hydrogens (tertiary/aromatic N) is 1. The van der Waals surface area contributed by atoms with Crippen LogP contribution in [0.15, 0.2) is 58.2 Å². The Morgan fingerprint density at radius 2 is 1.96 bits per heavy atom. The number of H-pyrrole nitrogens is 1. The number of hydrogen-bond acceptors (Lipinski definition) is 5. The molecule has 0 bridgehead atoms. The summed E-state index contributed by atoms with van der Waals surface area (Å²) in [7, 11) is -2.29. The lowest BCUT2D eigenvalue weighted by Gasteiger charge is -2.09. The van der Waals surface area contributed by atoms with E-state index >= 15 is 0 Å². The van der Waals surface area contributed by atoms with Gasteiger partial charge in [-0.05, 0) is 42.1 Å². The molecule has 0 unspecified atom stereocenters. The van der Waals surface area contributed by atoms with Crippen LogP contribution in [0.25, 0.3) is 10.9 Å². The van der Waals surface area contributed by atoms with Gasteiger partial charge in [0.25, 0.3) is 5.56 Å². The topological polar surface area (TPSA) is 112 Å². The predicted molar refractivity (Wildman–Crippen MR) is 101 cm³/mol. The number of ether oxygens (including phenoxy) is 1. The molecule has 2 aromatic carbocycles. The third-order valence-corrected chi connectivity index (χ3v) is 5.63. The van der Waals surface area contributed by atoms with Gasteiger partial charge >= 0.3 is 0 Å². The van der Waals surface area contributed by atoms with E-state index in [4.69, 9.17) is 10.00 Å². The van der Waals surface area contributed by atoms with Gasteiger partial charge in [0, 0.05) is 18.2 Å². The molecule has 0 saturated heterocycles. The molecule has 0 aliphatic carbocycles. The van der Waals surface area contributed by atoms with E-state index in [9.17, 15) is 13.2 Å². The SMILES string of the molecule is COc1ccc2cc(CCNS(=O)(=O)c3ccccc3C#N)c(=O)[nH]c2c1. The van der Waals surface area contributed by atoms with Gasteiger partial charge in [-0.3, -0.25) is 4.79 Å². The summed E-state index contributed by atoms with van der Waals surface area (Å²) in [6.45, 7) is 0.0346. The summed E-state index contributed by atoms with van der Waals surface area (Å²) >= 11 is 0. The van der Waals surface area contributed by atoms with Gasteiger partial charge in [0.15, 0.2) is 0 Å². The summed E-state index contributed by atoms with van der Waals surface area (Å²) in [5.41, 5.74) is 0.894. The number of rotatable bonds is 6. The van der Waals surface area contributed by atoms with Crippen LogP contribution in [0.4, 0.5) is 0 Å². The Morgan fingerprint density at radius 1 is 1.19 bits per heavy atom. The second kappa shape index (κ2) is 7.61. The van der Waals surface area contributed by atoms with Crippen molar-refractivity contribution in [1.82, 2.24) is 9.71 Å². The van der Waals surface area contributed by atoms with Crippen LogP contribution in [0.2, 0.25) is 0 Å². The number of pyridine rings is 1. The van der Waals surface area contributed by atoms with E-state index in [-0.39, 0.29) is 29.0 Å². The summed E-state index contributed by atoms with van der Waals surface area (Å²) in [4.78, 5) is 14.9. The normalized spacial score (nSPS) is 11.3. The lowest BCUT2D eigenvalue weighted by atomic mass is 10.1. The Labute approximate surface area is 156 Å². The lowest BCUT2D eigenvalue weighted by Crippen LogP contribution is -2.28. The standard InChI is InChI=1S/C19H17N3O4S/c1-26-16-7-6-13-10-14(19(23)22-17(13)11-16)8-9-21-27(24,25)18-5-3-2-4-15(18)12-20/h2-7,10-11,21H,8-9H2,1H3,(H,22,23). The summed E-state index contributed by atoms with van der Waals surface area (Å²) < 4.78 is 32.4. The van der Waals surface area contributed by atoms with Crippen LogP contribution in [0, 0.1) is 11.3 Å². The van der Waals surface area contributed by atoms with Crippen molar-refractivity contribution >= 4 is 20.9 Å². The highest BCUT2D eigenvalue weighted by Crippen LogP contribution is 2.19. The van der Waals surface area contributed by atoms with Gasteiger partial charge < -0.3 is 9.72 Å². The first kappa shape index (κ1) is 18.6. The van der Waals surface area contributed by atoms with Crippen molar-refractivity contribution in [2.75, 3.05) is 13.7 Å². The fourth-order valence-electron chi connectivity index (χ4n) is 2.73. The molecule has 0 aliphatic heterocycles. The van der Waals surface area contributed by atoms with Crippen LogP contribution in [0.1, 0.15) is 11.1 Å². The maximum Gasteiger partial charge on any atom is 0.251 e. The maximum atomic E-state index is 12.4. The van der Waals surface area contributed by atoms with Crippen molar-refractivity contribution in [3.8, 4) is 11.8 Å². The second-order valence-electron chi connectivity index (χ2n) is 5.83. The maximum absolute atomic E-state index is 12.4. The summed E-state index contributed by atoms with van der Waals surface area (Å²) in [6.07, 6.45) is 0.214. The Bertz CT molecular complexity index is 1190. The van der Waals surface area contributed by atoms with Crippen LogP contribution < -0.4 is 15.0 Å². The zero-order valence-electron chi connectivity index (χ0n) is 14.5. The molecule has 0 fully saturated rings. The third kappa shape index (κ3) is 4.00. The second-order valence-corrected chi connectivity index (χ2v) is 7.57. The van der Waals surface area contributed by atoms with Crippen molar-refractivity contribution in [3.05, 3.63) is 70.0 Å². The Morgan fingerprint density at radius 3 is 2.70 bits per heavy atom. The number of methoxy groups -OCH3 is 1. The predicted octanol–water partition coefficient (Wildman–Crippen LogP) is 1.93. The number of benzene rings is 2. The van der Waals surface area contributed by atoms with E-state index in [1.165, 1.54) is 12.1 Å². The molecule has 138 valence electrons. The molecule has 2 N–H and O–H groups in total. The van der Waals surface area contributed by atoms with Crippen molar-refractivity contribution in [2.24, 2.45) is 0 Å². The molecule has 8 heteroatoms. The Hall–Kier alpha value is -3.15. The van der Waals surface area contributed by atoms with Crippen LogP contribution in [0.5, 0.6) is 5.75 Å². The van der Waals surface area contributed by atoms with E-state index in [1.54, 1.807) is 37.4 Å². The highest BCUT2D eigenvalue weighted by molar-refractivity contribution is 7.89. The van der Waals surface area contributed by atoms with Gasteiger partial charge in [-0.2, -0.15) is 5.26 Å². The molecule has 7 nitrogen and oxygen atoms in total. The number of fused-ring (bicyclic) bond motifs is 1. The molecule has 0 atom stereocenters. The molecule has 3 aromatic rings. The fourth-order valence-corrected chi connectivity index (χ4v) is 3.92. The van der Waals surface area contributed by atoms with E-state index in [0.717, 1.165) is 5.39 Å². The smallest absolute Gasteiger partial charge is 0.251 e. The minimum absolute atomic E-state index is 0.0346. The van der Waals surface area contributed by atoms with Crippen LogP contribution in [0.3, 0.4) is 0 Å². The number of nitriles is 1. The zero-order chi connectivity index (χ0) is 19.4. The van der Waals surface area contributed by atoms with E-state index in [0.29, 0.717) is 16.8 Å². The number of aromatic nitrogens is 1. The van der Waals surface area contributed by atoms with Crippen LogP contribution >= 0.6 is 0 Å². The molecule has 1 aromatic heterocycles. The summed E-state index contributed by atoms with van der Waals surface area (Å²) in [5, 5.41) is 9.89. The monoisotopic (exact) mass is 383 g/mol. The molecular weight excluding hydrogens is 366 g/mol. The van der Waals surface area contributed by atoms with Gasteiger partial charge in [-0.25, -0.2) is 13.1 Å². The molecule has 0 radical (unpaired) electrons. The number of aromatic amines is 1. The van der Waals surface area contributed by atoms with Gasteiger partial charge in [-0.15, -0.1) is 0 Å². The Kier molecular flexibility index (Phi) is 5.26. The molecule has 0 spiro atoms. The van der Waals surface area contributed by atoms with E-state index in [2.05, 4.69) is 9.71 Å². The first-order valence-electron chi connectivity index (χ1n) is 8.13. The van der Waals surface area contributed by atoms with E-state index in [1.807, 2.05) is 12.1 Å². The zero-order valence-corrected chi connectivity index (χ0v) is 15.3. The summed E-state index contributed by atoms with van der Waals surface area (Å²) in [6, 6.07) is 14.9. The minimum Gasteiger partial charge on any atom is -0.497 e. The van der Waals surface area contributed by atoms with Gasteiger partial charge in [0.2, 0.25) is 10.0 Å². The van der Waals surface area contributed by atoms with Crippen molar-refractivity contribution < 1.29 is 13.2 Å². The van der Waals surface area contributed by atoms with Gasteiger partial charge in [0.05, 0.1) is 23.1 Å². The van der Waals surface area contributed by atoms with Crippen LogP contribution in [-0.2, 0) is 16.4 Å². The highest BCUT2D eigenvalue weighted by atomic mass is 32.2. The van der Waals surface area contributed by atoms with Gasteiger partial charge in [-0.1, -0.05) is 12.1 Å². The molecule has 3 rings (SSSR count). The molecule has 27 heavy (non-hydrogen) atoms. The first-order chi connectivity index (χ1) is 12.9. The molecule has 1 heterocycles. The quantitative estimate of drug-likeness (QED) is 0.675. The largest absolute Gasteiger partial charge is 0.497 e. The van der Waals surface area contributed by atoms with Crippen molar-refractivity contribution in [2.45, 2.75) is 11.3 Å². The number of hydrogen-bond donors (Lipinski definition) is 2. The van der Waals surface area contributed by atoms with Crippen molar-refractivity contribution in [1.29, 1.82) is 5.26 Å². The fraction of sp³-hybridized carbons (Fsp3) is 0.158. The lowest BCUT2D eigenvalue weighted by molar-refractivity contribution is 0.415. The van der Waals surface area contributed by atoms with Crippen molar-refractivity contribution in [3.63, 3.8) is 0 Å². The van der Waals surface area contributed by atoms with Gasteiger partial charge in [0.1, 0.15) is 11.8 Å². The average Bonchev–Trinajstić information content (AvgIpc) is 2.67. The molecule has 0 amide bonds. The first-order valence-corrected chi connectivity index (χ1v) is 9.61. The number of nitrogens with one attached hydrogen (secondary N) is 2. The summed E-state index contributed by atoms with van der Waals surface area (Å²) in [5.74, 6) is 0.634. The molecule has 0 aliphatic rings. The van der Waals surface area contributed by atoms with Crippen LogP contribution in [-0.4, -0.2) is 27.1 Å². The molecule has 0 saturated carbocycles. The number of sulfonamides is 1. The third-order valence-electron chi connectivity index (χ3n) is 4.11. The Balaban J connectivity index is 1.78. The average molecular weight is 383 g/mol. The minimum atomic E-state index is -3.84. The van der Waals surface area contributed by atoms with E-state index < -0.39 is 10.0 Å².